The Morgan fingerprint density at radius 2 is 1.82 bits per heavy atom. The lowest BCUT2D eigenvalue weighted by atomic mass is 10.0. The molecule has 1 saturated heterocycles. The number of anilines is 1. The Kier molecular flexibility index (Phi) is 7.30. The van der Waals surface area contributed by atoms with E-state index >= 15 is 0 Å². The molecule has 0 unspecified atom stereocenters. The summed E-state index contributed by atoms with van der Waals surface area (Å²) in [7, 11) is 1.50. The topological polar surface area (TPSA) is 97.3 Å². The predicted molar refractivity (Wildman–Crippen MR) is 138 cm³/mol. The molecular weight excluding hydrogens is 472 g/mol. The van der Waals surface area contributed by atoms with E-state index in [1.54, 1.807) is 36.4 Å². The minimum atomic E-state index is -0.702. The molecule has 1 fully saturated rings. The van der Waals surface area contributed by atoms with Gasteiger partial charge in [0.1, 0.15) is 11.0 Å². The Hall–Kier alpha value is -3.62. The van der Waals surface area contributed by atoms with Gasteiger partial charge in [0.05, 0.1) is 19.0 Å². The van der Waals surface area contributed by atoms with E-state index < -0.39 is 5.25 Å². The highest BCUT2D eigenvalue weighted by Gasteiger charge is 2.41. The highest BCUT2D eigenvalue weighted by molar-refractivity contribution is 8.14. The Morgan fingerprint density at radius 3 is 2.53 bits per heavy atom. The lowest BCUT2D eigenvalue weighted by molar-refractivity contribution is -0.121. The molecule has 2 N–H and O–H groups in total. The van der Waals surface area contributed by atoms with Gasteiger partial charge in [0.25, 0.3) is 0 Å². The fourth-order valence-electron chi connectivity index (χ4n) is 3.49. The number of carbonyl (C=O) groups is 2. The van der Waals surface area contributed by atoms with E-state index in [1.165, 1.54) is 13.3 Å². The van der Waals surface area contributed by atoms with E-state index in [1.807, 2.05) is 36.4 Å². The Morgan fingerprint density at radius 1 is 1.09 bits per heavy atom. The zero-order chi connectivity index (χ0) is 24.1. The highest BCUT2D eigenvalue weighted by Crippen LogP contribution is 2.38. The van der Waals surface area contributed by atoms with Gasteiger partial charge in [-0.3, -0.25) is 9.59 Å². The summed E-state index contributed by atoms with van der Waals surface area (Å²) in [6.07, 6.45) is 1.52. The van der Waals surface area contributed by atoms with Crippen molar-refractivity contribution in [1.82, 2.24) is 0 Å². The van der Waals surface area contributed by atoms with Crippen LogP contribution in [-0.4, -0.2) is 35.6 Å². The van der Waals surface area contributed by atoms with Crippen LogP contribution < -0.4 is 15.4 Å². The molecule has 0 saturated carbocycles. The maximum absolute atomic E-state index is 13.2. The number of carbonyl (C=O) groups excluding carboxylic acids is 2. The minimum Gasteiger partial charge on any atom is -0.495 e. The molecule has 0 bridgehead atoms. The summed E-state index contributed by atoms with van der Waals surface area (Å²) in [5, 5.41) is 7.89. The average molecular weight is 493 g/mol. The molecule has 1 aliphatic heterocycles. The number of benzene rings is 3. The number of hydrogen-bond acceptors (Lipinski definition) is 6. The molecule has 0 radical (unpaired) electrons. The molecule has 0 aliphatic carbocycles. The van der Waals surface area contributed by atoms with Crippen molar-refractivity contribution in [3.63, 3.8) is 0 Å². The van der Waals surface area contributed by atoms with Gasteiger partial charge in [0.15, 0.2) is 5.17 Å². The molecule has 34 heavy (non-hydrogen) atoms. The quantitative estimate of drug-likeness (QED) is 0.232. The van der Waals surface area contributed by atoms with Crippen LogP contribution in [0.5, 0.6) is 5.75 Å². The molecule has 1 aliphatic rings. The zero-order valence-corrected chi connectivity index (χ0v) is 19.8. The molecular formula is C25H21ClN4O3S. The Balaban J connectivity index is 1.52. The largest absolute Gasteiger partial charge is 0.495 e. The number of amides is 2. The van der Waals surface area contributed by atoms with Crippen LogP contribution in [0.3, 0.4) is 0 Å². The first-order chi connectivity index (χ1) is 16.5. The van der Waals surface area contributed by atoms with Crippen molar-refractivity contribution in [1.29, 1.82) is 0 Å². The van der Waals surface area contributed by atoms with Crippen molar-refractivity contribution in [3.8, 4) is 16.9 Å². The summed E-state index contributed by atoms with van der Waals surface area (Å²) in [6.45, 7) is 0. The first-order valence-electron chi connectivity index (χ1n) is 10.3. The van der Waals surface area contributed by atoms with Crippen LogP contribution in [0.4, 0.5) is 5.69 Å². The van der Waals surface area contributed by atoms with Gasteiger partial charge < -0.3 is 10.5 Å². The molecule has 0 aromatic heterocycles. The standard InChI is InChI=1S/C25H21ClN4O3S/c1-33-21-12-9-18(17-5-3-2-4-6-17)13-20(21)30-23(31)14-22(24(30)32)34-25(27)29-28-15-16-7-10-19(26)11-8-16/h2-13,15,22H,14H2,1H3,(H2,27,29)/t22-/m1/s1. The number of nitrogens with two attached hydrogens (primary N) is 1. The van der Waals surface area contributed by atoms with Crippen molar-refractivity contribution in [2.45, 2.75) is 11.7 Å². The monoisotopic (exact) mass is 492 g/mol. The number of nitrogens with zero attached hydrogens (tertiary/aromatic N) is 3. The lowest BCUT2D eigenvalue weighted by Gasteiger charge is -2.19. The summed E-state index contributed by atoms with van der Waals surface area (Å²) in [4.78, 5) is 27.2. The normalized spacial score (nSPS) is 16.5. The van der Waals surface area contributed by atoms with E-state index in [9.17, 15) is 9.59 Å². The summed E-state index contributed by atoms with van der Waals surface area (Å²) in [5.74, 6) is -0.275. The third kappa shape index (κ3) is 5.30. The molecule has 0 spiro atoms. The van der Waals surface area contributed by atoms with Crippen LogP contribution in [0, 0.1) is 0 Å². The number of thioether (sulfide) groups is 1. The van der Waals surface area contributed by atoms with Gasteiger partial charge in [-0.15, -0.1) is 5.10 Å². The summed E-state index contributed by atoms with van der Waals surface area (Å²) < 4.78 is 5.44. The van der Waals surface area contributed by atoms with Gasteiger partial charge >= 0.3 is 0 Å². The van der Waals surface area contributed by atoms with Gasteiger partial charge in [-0.1, -0.05) is 71.9 Å². The maximum Gasteiger partial charge on any atom is 0.248 e. The molecule has 1 atom stereocenters. The first kappa shape index (κ1) is 23.5. The second kappa shape index (κ2) is 10.5. The van der Waals surface area contributed by atoms with Gasteiger partial charge in [0, 0.05) is 11.4 Å². The molecule has 3 aromatic carbocycles. The van der Waals surface area contributed by atoms with Gasteiger partial charge in [-0.25, -0.2) is 4.90 Å². The molecule has 172 valence electrons. The van der Waals surface area contributed by atoms with Crippen molar-refractivity contribution in [2.75, 3.05) is 12.0 Å². The number of hydrogen-bond donors (Lipinski definition) is 1. The summed E-state index contributed by atoms with van der Waals surface area (Å²) >= 11 is 6.87. The zero-order valence-electron chi connectivity index (χ0n) is 18.2. The van der Waals surface area contributed by atoms with Crippen LogP contribution in [0.1, 0.15) is 12.0 Å². The summed E-state index contributed by atoms with van der Waals surface area (Å²) in [6, 6.07) is 22.2. The minimum absolute atomic E-state index is 0.000657. The number of ether oxygens (including phenoxy) is 1. The van der Waals surface area contributed by atoms with Crippen molar-refractivity contribution < 1.29 is 14.3 Å². The van der Waals surface area contributed by atoms with E-state index in [0.29, 0.717) is 16.5 Å². The molecule has 1 heterocycles. The highest BCUT2D eigenvalue weighted by atomic mass is 35.5. The van der Waals surface area contributed by atoms with E-state index in [0.717, 1.165) is 33.4 Å². The third-order valence-electron chi connectivity index (χ3n) is 5.13. The van der Waals surface area contributed by atoms with Crippen molar-refractivity contribution in [3.05, 3.63) is 83.4 Å². The lowest BCUT2D eigenvalue weighted by Crippen LogP contribution is -2.32. The van der Waals surface area contributed by atoms with E-state index in [2.05, 4.69) is 10.2 Å². The van der Waals surface area contributed by atoms with Crippen LogP contribution in [0.15, 0.2) is 83.0 Å². The van der Waals surface area contributed by atoms with Crippen LogP contribution in [-0.2, 0) is 9.59 Å². The summed E-state index contributed by atoms with van der Waals surface area (Å²) in [5.41, 5.74) is 8.99. The number of imide groups is 1. The first-order valence-corrected chi connectivity index (χ1v) is 11.6. The van der Waals surface area contributed by atoms with Gasteiger partial charge in [-0.2, -0.15) is 5.10 Å². The van der Waals surface area contributed by atoms with Crippen molar-refractivity contribution in [2.24, 2.45) is 15.9 Å². The number of amidine groups is 1. The van der Waals surface area contributed by atoms with Crippen LogP contribution >= 0.6 is 23.4 Å². The second-order valence-corrected chi connectivity index (χ2v) is 9.02. The average Bonchev–Trinajstić information content (AvgIpc) is 3.12. The van der Waals surface area contributed by atoms with Gasteiger partial charge in [-0.05, 0) is 41.0 Å². The Labute approximate surface area is 206 Å². The number of halogens is 1. The molecule has 4 rings (SSSR count). The fourth-order valence-corrected chi connectivity index (χ4v) is 4.44. The SMILES string of the molecule is COc1ccc(-c2ccccc2)cc1N1C(=O)C[C@@H](SC(N)=NN=Cc2ccc(Cl)cc2)C1=O. The van der Waals surface area contributed by atoms with E-state index in [4.69, 9.17) is 22.1 Å². The smallest absolute Gasteiger partial charge is 0.248 e. The fraction of sp³-hybridized carbons (Fsp3) is 0.120. The Bertz CT molecular complexity index is 1260. The van der Waals surface area contributed by atoms with Crippen LogP contribution in [0.2, 0.25) is 5.02 Å². The van der Waals surface area contributed by atoms with E-state index in [-0.39, 0.29) is 23.4 Å². The molecule has 3 aromatic rings. The van der Waals surface area contributed by atoms with Gasteiger partial charge in [0.2, 0.25) is 11.8 Å². The molecule has 2 amide bonds. The molecule has 7 nitrogen and oxygen atoms in total. The van der Waals surface area contributed by atoms with Crippen LogP contribution in [0.25, 0.3) is 11.1 Å². The second-order valence-electron chi connectivity index (χ2n) is 7.37. The maximum atomic E-state index is 13.2. The third-order valence-corrected chi connectivity index (χ3v) is 6.36. The van der Waals surface area contributed by atoms with Crippen molar-refractivity contribution >= 4 is 52.2 Å². The number of methoxy groups -OCH3 is 1. The number of rotatable bonds is 6. The molecule has 9 heteroatoms. The predicted octanol–water partition coefficient (Wildman–Crippen LogP) is 4.73.